The highest BCUT2D eigenvalue weighted by atomic mass is 31.2. The molecule has 2 heterocycles. The molecular formula is C50H38N2O2P2. The highest BCUT2D eigenvalue weighted by Crippen LogP contribution is 2.44. The Bertz CT molecular complexity index is 3360. The zero-order chi connectivity index (χ0) is 38.3. The van der Waals surface area contributed by atoms with Crippen LogP contribution in [0.4, 0.5) is 0 Å². The van der Waals surface area contributed by atoms with Gasteiger partial charge in [0.05, 0.1) is 22.1 Å². The molecule has 8 aromatic carbocycles. The molecule has 0 aliphatic rings. The lowest BCUT2D eigenvalue weighted by molar-refractivity contribution is 0.587. The molecular weight excluding hydrogens is 723 g/mol. The predicted molar refractivity (Wildman–Crippen MR) is 242 cm³/mol. The summed E-state index contributed by atoms with van der Waals surface area (Å²) < 4.78 is 26.1. The highest BCUT2D eigenvalue weighted by Gasteiger charge is 2.20. The van der Waals surface area contributed by atoms with E-state index < -0.39 is 14.3 Å². The summed E-state index contributed by atoms with van der Waals surface area (Å²) in [5, 5.41) is 10.5. The van der Waals surface area contributed by atoms with Crippen molar-refractivity contribution in [3.8, 4) is 33.4 Å². The molecule has 0 amide bonds. The van der Waals surface area contributed by atoms with E-state index in [9.17, 15) is 9.13 Å². The maximum Gasteiger partial charge on any atom is 0.109 e. The van der Waals surface area contributed by atoms with Crippen LogP contribution in [-0.2, 0) is 9.13 Å². The Morgan fingerprint density at radius 2 is 0.946 bits per heavy atom. The summed E-state index contributed by atoms with van der Waals surface area (Å²) in [7, 11) is -4.87. The van der Waals surface area contributed by atoms with Gasteiger partial charge in [0.2, 0.25) is 0 Å². The van der Waals surface area contributed by atoms with Gasteiger partial charge >= 0.3 is 0 Å². The Hall–Kier alpha value is -5.92. The molecule has 10 aromatic rings. The molecule has 6 heteroatoms. The first-order valence-corrected chi connectivity index (χ1v) is 24.0. The fourth-order valence-corrected chi connectivity index (χ4v) is 10.2. The number of pyridine rings is 2. The van der Waals surface area contributed by atoms with E-state index in [0.29, 0.717) is 0 Å². The molecule has 0 aliphatic carbocycles. The minimum atomic E-state index is -2.49. The summed E-state index contributed by atoms with van der Waals surface area (Å²) in [6.07, 6.45) is 0. The molecule has 0 spiro atoms. The van der Waals surface area contributed by atoms with Crippen LogP contribution in [0.15, 0.2) is 158 Å². The van der Waals surface area contributed by atoms with Gasteiger partial charge in [0.1, 0.15) is 14.3 Å². The molecule has 4 nitrogen and oxygen atoms in total. The maximum absolute atomic E-state index is 13.3. The topological polar surface area (TPSA) is 59.9 Å². The van der Waals surface area contributed by atoms with E-state index >= 15 is 0 Å². The summed E-state index contributed by atoms with van der Waals surface area (Å²) in [5.41, 5.74) is 10.2. The monoisotopic (exact) mass is 760 g/mol. The number of hydrogen-bond donors (Lipinski definition) is 0. The lowest BCUT2D eigenvalue weighted by Gasteiger charge is -2.17. The highest BCUT2D eigenvalue weighted by molar-refractivity contribution is 7.70. The Balaban J connectivity index is 1.21. The van der Waals surface area contributed by atoms with Crippen LogP contribution in [0.2, 0.25) is 0 Å². The van der Waals surface area contributed by atoms with Crippen molar-refractivity contribution in [2.24, 2.45) is 0 Å². The lowest BCUT2D eigenvalue weighted by Crippen LogP contribution is -2.03. The first kappa shape index (κ1) is 34.6. The molecule has 0 aliphatic heterocycles. The van der Waals surface area contributed by atoms with Gasteiger partial charge in [0.25, 0.3) is 0 Å². The van der Waals surface area contributed by atoms with Crippen molar-refractivity contribution in [3.05, 3.63) is 158 Å². The Morgan fingerprint density at radius 3 is 1.73 bits per heavy atom. The second-order valence-electron chi connectivity index (χ2n) is 15.6. The van der Waals surface area contributed by atoms with E-state index in [-0.39, 0.29) is 0 Å². The van der Waals surface area contributed by atoms with Crippen molar-refractivity contribution in [2.75, 3.05) is 26.7 Å². The zero-order valence-electron chi connectivity index (χ0n) is 31.6. The smallest absolute Gasteiger partial charge is 0.109 e. The maximum atomic E-state index is 13.3. The van der Waals surface area contributed by atoms with E-state index in [1.54, 1.807) is 0 Å². The van der Waals surface area contributed by atoms with E-state index in [1.807, 2.05) is 57.0 Å². The van der Waals surface area contributed by atoms with Gasteiger partial charge in [-0.3, -0.25) is 0 Å². The third kappa shape index (κ3) is 5.67. The molecule has 0 radical (unpaired) electrons. The second-order valence-corrected chi connectivity index (χ2v) is 22.0. The summed E-state index contributed by atoms with van der Waals surface area (Å²) in [6, 6.07) is 55.0. The fraction of sp³-hybridized carbons (Fsp3) is 0.0800. The minimum absolute atomic E-state index is 0.864. The standard InChI is InChI=1S/C50H38N2O2P2/c1-55(2,53)35-23-19-32(20-24-35)47-41-15-7-8-18-45(41)51-50-40-17-10-16-37(39(40)27-28-44(47)50)33-22-25-42-46(30-33)52-49-38-14-6-5-11-31(38)21-26-43(49)48(42)34-12-9-13-36(29-34)56(3,4)54/h5-30H,1-4H3. The van der Waals surface area contributed by atoms with Crippen molar-refractivity contribution in [2.45, 2.75) is 0 Å². The molecule has 0 saturated heterocycles. The fourth-order valence-electron chi connectivity index (χ4n) is 8.42. The van der Waals surface area contributed by atoms with Crippen LogP contribution in [-0.4, -0.2) is 36.6 Å². The van der Waals surface area contributed by atoms with Gasteiger partial charge in [-0.15, -0.1) is 0 Å². The first-order valence-electron chi connectivity index (χ1n) is 18.8. The van der Waals surface area contributed by atoms with E-state index in [2.05, 4.69) is 127 Å². The first-order chi connectivity index (χ1) is 27.0. The lowest BCUT2D eigenvalue weighted by atomic mass is 9.90. The van der Waals surface area contributed by atoms with E-state index in [4.69, 9.17) is 9.97 Å². The number of rotatable bonds is 5. The molecule has 0 N–H and O–H groups in total. The van der Waals surface area contributed by atoms with Crippen LogP contribution in [0.1, 0.15) is 0 Å². The van der Waals surface area contributed by atoms with Crippen molar-refractivity contribution in [1.82, 2.24) is 9.97 Å². The SMILES string of the molecule is CP(C)(=O)c1ccc(-c2c3ccccc3nc3c2ccc2c(-c4ccc5c(-c6cccc(P(C)(C)=O)c6)c6ccc7ccccc7c6nc5c4)cccc23)cc1. The van der Waals surface area contributed by atoms with Gasteiger partial charge < -0.3 is 9.13 Å². The Kier molecular flexibility index (Phi) is 7.91. The van der Waals surface area contributed by atoms with E-state index in [0.717, 1.165) is 109 Å². The van der Waals surface area contributed by atoms with Crippen LogP contribution in [0.5, 0.6) is 0 Å². The molecule has 2 aromatic heterocycles. The molecule has 10 rings (SSSR count). The Labute approximate surface area is 325 Å². The van der Waals surface area contributed by atoms with Gasteiger partial charge in [-0.1, -0.05) is 140 Å². The zero-order valence-corrected chi connectivity index (χ0v) is 33.4. The average molecular weight is 761 g/mol. The molecule has 56 heavy (non-hydrogen) atoms. The largest absolute Gasteiger partial charge is 0.319 e. The predicted octanol–water partition coefficient (Wildman–Crippen LogP) is 12.9. The third-order valence-electron chi connectivity index (χ3n) is 11.2. The molecule has 270 valence electrons. The number of nitrogens with zero attached hydrogens (tertiary/aromatic N) is 2. The van der Waals surface area contributed by atoms with Crippen molar-refractivity contribution < 1.29 is 9.13 Å². The van der Waals surface area contributed by atoms with Gasteiger partial charge in [-0.05, 0) is 77.9 Å². The second kappa shape index (κ2) is 12.8. The molecule has 0 fully saturated rings. The quantitative estimate of drug-likeness (QED) is 0.0996. The minimum Gasteiger partial charge on any atom is -0.319 e. The molecule has 0 saturated carbocycles. The summed E-state index contributed by atoms with van der Waals surface area (Å²) in [6.45, 7) is 7.29. The normalized spacial score (nSPS) is 12.4. The van der Waals surface area contributed by atoms with Crippen LogP contribution >= 0.6 is 14.3 Å². The van der Waals surface area contributed by atoms with Gasteiger partial charge in [0.15, 0.2) is 0 Å². The van der Waals surface area contributed by atoms with Crippen LogP contribution in [0.25, 0.3) is 98.5 Å². The van der Waals surface area contributed by atoms with Crippen molar-refractivity contribution in [3.63, 3.8) is 0 Å². The summed E-state index contributed by atoms with van der Waals surface area (Å²) >= 11 is 0. The van der Waals surface area contributed by atoms with Gasteiger partial charge in [-0.25, -0.2) is 9.97 Å². The van der Waals surface area contributed by atoms with Crippen LogP contribution < -0.4 is 10.6 Å². The molecule has 0 unspecified atom stereocenters. The van der Waals surface area contributed by atoms with Crippen LogP contribution in [0.3, 0.4) is 0 Å². The van der Waals surface area contributed by atoms with E-state index in [1.165, 1.54) is 0 Å². The number of hydrogen-bond acceptors (Lipinski definition) is 4. The van der Waals surface area contributed by atoms with Gasteiger partial charge in [-0.2, -0.15) is 0 Å². The number of aromatic nitrogens is 2. The molecule has 0 atom stereocenters. The Morgan fingerprint density at radius 1 is 0.375 bits per heavy atom. The number of fused-ring (bicyclic) bond motifs is 8. The van der Waals surface area contributed by atoms with Crippen molar-refractivity contribution >= 4 is 90.0 Å². The number of para-hydroxylation sites is 1. The van der Waals surface area contributed by atoms with Crippen molar-refractivity contribution in [1.29, 1.82) is 0 Å². The van der Waals surface area contributed by atoms with Gasteiger partial charge in [0, 0.05) is 54.1 Å². The molecule has 0 bridgehead atoms. The third-order valence-corrected chi connectivity index (χ3v) is 14.3. The van der Waals surface area contributed by atoms with Crippen LogP contribution in [0, 0.1) is 0 Å². The average Bonchev–Trinajstić information content (AvgIpc) is 3.21. The summed E-state index contributed by atoms with van der Waals surface area (Å²) in [4.78, 5) is 10.7. The summed E-state index contributed by atoms with van der Waals surface area (Å²) in [5.74, 6) is 0. The number of benzene rings is 8.